The van der Waals surface area contributed by atoms with Crippen LogP contribution >= 0.6 is 11.6 Å². The average molecular weight is 274 g/mol. The third-order valence-corrected chi connectivity index (χ3v) is 3.36. The van der Waals surface area contributed by atoms with Crippen LogP contribution in [0.5, 0.6) is 0 Å². The Labute approximate surface area is 118 Å². The molecule has 0 aliphatic carbocycles. The second kappa shape index (κ2) is 5.33. The Balaban J connectivity index is 2.34. The monoisotopic (exact) mass is 273 g/mol. The van der Waals surface area contributed by atoms with Crippen LogP contribution in [0.1, 0.15) is 11.1 Å². The van der Waals surface area contributed by atoms with Crippen molar-refractivity contribution in [2.45, 2.75) is 6.92 Å². The molecule has 98 valence electrons. The Hall–Kier alpha value is -2.00. The minimum Gasteiger partial charge on any atom is -0.384 e. The van der Waals surface area contributed by atoms with Gasteiger partial charge in [0.25, 0.3) is 0 Å². The lowest BCUT2D eigenvalue weighted by molar-refractivity contribution is 1.20. The molecule has 2 rings (SSSR count). The zero-order chi connectivity index (χ0) is 14.0. The SMILES string of the molecule is Cc1ccc(N(C)c2ccc(C(=N)N)c(Cl)c2)cc1. The van der Waals surface area contributed by atoms with Gasteiger partial charge in [0.2, 0.25) is 0 Å². The van der Waals surface area contributed by atoms with Crippen molar-refractivity contribution in [1.29, 1.82) is 5.41 Å². The lowest BCUT2D eigenvalue weighted by Crippen LogP contribution is -2.13. The zero-order valence-electron chi connectivity index (χ0n) is 10.9. The maximum atomic E-state index is 7.42. The van der Waals surface area contributed by atoms with Gasteiger partial charge in [-0.05, 0) is 37.3 Å². The van der Waals surface area contributed by atoms with Gasteiger partial charge in [0.05, 0.1) is 5.02 Å². The Morgan fingerprint density at radius 2 is 1.68 bits per heavy atom. The van der Waals surface area contributed by atoms with Gasteiger partial charge in [-0.3, -0.25) is 5.41 Å². The number of hydrogen-bond acceptors (Lipinski definition) is 2. The highest BCUT2D eigenvalue weighted by molar-refractivity contribution is 6.34. The van der Waals surface area contributed by atoms with Crippen molar-refractivity contribution in [2.24, 2.45) is 5.73 Å². The molecule has 2 aromatic rings. The van der Waals surface area contributed by atoms with Gasteiger partial charge in [-0.25, -0.2) is 0 Å². The summed E-state index contributed by atoms with van der Waals surface area (Å²) in [5, 5.41) is 7.91. The quantitative estimate of drug-likeness (QED) is 0.662. The highest BCUT2D eigenvalue weighted by Crippen LogP contribution is 2.28. The van der Waals surface area contributed by atoms with Gasteiger partial charge in [0.1, 0.15) is 5.84 Å². The first-order valence-corrected chi connectivity index (χ1v) is 6.31. The van der Waals surface area contributed by atoms with Gasteiger partial charge < -0.3 is 10.6 Å². The van der Waals surface area contributed by atoms with Crippen molar-refractivity contribution in [3.63, 3.8) is 0 Å². The molecule has 0 atom stereocenters. The van der Waals surface area contributed by atoms with E-state index in [1.54, 1.807) is 6.07 Å². The predicted octanol–water partition coefficient (Wildman–Crippen LogP) is 3.70. The number of nitrogens with two attached hydrogens (primary N) is 1. The summed E-state index contributed by atoms with van der Waals surface area (Å²) in [7, 11) is 1.98. The van der Waals surface area contributed by atoms with E-state index in [-0.39, 0.29) is 5.84 Å². The van der Waals surface area contributed by atoms with Crippen LogP contribution in [0.15, 0.2) is 42.5 Å². The lowest BCUT2D eigenvalue weighted by atomic mass is 10.1. The van der Waals surface area contributed by atoms with Crippen LogP contribution in [0.3, 0.4) is 0 Å². The average Bonchev–Trinajstić information content (AvgIpc) is 2.38. The Morgan fingerprint density at radius 3 is 2.21 bits per heavy atom. The highest BCUT2D eigenvalue weighted by atomic mass is 35.5. The summed E-state index contributed by atoms with van der Waals surface area (Å²) in [6.45, 7) is 2.06. The van der Waals surface area contributed by atoms with Crippen LogP contribution in [-0.2, 0) is 0 Å². The standard InChI is InChI=1S/C15H16ClN3/c1-10-3-5-11(6-4-10)19(2)12-7-8-13(15(17)18)14(16)9-12/h3-9H,1-2H3,(H3,17,18). The topological polar surface area (TPSA) is 53.1 Å². The maximum Gasteiger partial charge on any atom is 0.124 e. The largest absolute Gasteiger partial charge is 0.384 e. The highest BCUT2D eigenvalue weighted by Gasteiger charge is 2.08. The molecule has 0 amide bonds. The molecule has 0 unspecified atom stereocenters. The van der Waals surface area contributed by atoms with E-state index >= 15 is 0 Å². The summed E-state index contributed by atoms with van der Waals surface area (Å²) in [5.41, 5.74) is 9.27. The second-order valence-electron chi connectivity index (χ2n) is 4.47. The number of anilines is 2. The first kappa shape index (κ1) is 13.4. The first-order chi connectivity index (χ1) is 8.99. The van der Waals surface area contributed by atoms with Crippen LogP contribution in [0, 0.1) is 12.3 Å². The Morgan fingerprint density at radius 1 is 1.11 bits per heavy atom. The van der Waals surface area contributed by atoms with Crippen molar-refractivity contribution in [3.8, 4) is 0 Å². The van der Waals surface area contributed by atoms with E-state index in [4.69, 9.17) is 22.7 Å². The molecule has 0 spiro atoms. The molecule has 2 aromatic carbocycles. The molecule has 3 nitrogen and oxygen atoms in total. The maximum absolute atomic E-state index is 7.42. The summed E-state index contributed by atoms with van der Waals surface area (Å²) in [5.74, 6) is -0.0189. The fraction of sp³-hybridized carbons (Fsp3) is 0.133. The number of halogens is 1. The van der Waals surface area contributed by atoms with Crippen LogP contribution in [0.25, 0.3) is 0 Å². The van der Waals surface area contributed by atoms with Crippen LogP contribution in [-0.4, -0.2) is 12.9 Å². The molecule has 19 heavy (non-hydrogen) atoms. The number of hydrogen-bond donors (Lipinski definition) is 2. The molecule has 0 bridgehead atoms. The van der Waals surface area contributed by atoms with Crippen LogP contribution in [0.4, 0.5) is 11.4 Å². The summed E-state index contributed by atoms with van der Waals surface area (Å²) in [6.07, 6.45) is 0. The summed E-state index contributed by atoms with van der Waals surface area (Å²) in [4.78, 5) is 2.04. The van der Waals surface area contributed by atoms with E-state index in [0.717, 1.165) is 11.4 Å². The molecular formula is C15H16ClN3. The van der Waals surface area contributed by atoms with Crippen LogP contribution in [0.2, 0.25) is 5.02 Å². The van der Waals surface area contributed by atoms with Gasteiger partial charge in [-0.15, -0.1) is 0 Å². The van der Waals surface area contributed by atoms with Gasteiger partial charge in [0, 0.05) is 24.0 Å². The molecule has 0 aliphatic heterocycles. The van der Waals surface area contributed by atoms with Crippen molar-refractivity contribution in [3.05, 3.63) is 58.6 Å². The van der Waals surface area contributed by atoms with Crippen molar-refractivity contribution in [1.82, 2.24) is 0 Å². The molecule has 0 radical (unpaired) electrons. The minimum atomic E-state index is -0.0189. The normalized spacial score (nSPS) is 10.3. The first-order valence-electron chi connectivity index (χ1n) is 5.93. The number of nitrogens with one attached hydrogen (secondary N) is 1. The summed E-state index contributed by atoms with van der Waals surface area (Å²) < 4.78 is 0. The van der Waals surface area contributed by atoms with Gasteiger partial charge in [-0.1, -0.05) is 29.3 Å². The van der Waals surface area contributed by atoms with Gasteiger partial charge >= 0.3 is 0 Å². The Kier molecular flexibility index (Phi) is 3.76. The zero-order valence-corrected chi connectivity index (χ0v) is 11.7. The summed E-state index contributed by atoms with van der Waals surface area (Å²) in [6, 6.07) is 13.7. The van der Waals surface area contributed by atoms with E-state index in [1.165, 1.54) is 5.56 Å². The number of nitrogen functional groups attached to an aromatic ring is 1. The molecule has 0 fully saturated rings. The number of rotatable bonds is 3. The van der Waals surface area contributed by atoms with E-state index < -0.39 is 0 Å². The van der Waals surface area contributed by atoms with Crippen molar-refractivity contribution < 1.29 is 0 Å². The smallest absolute Gasteiger partial charge is 0.124 e. The van der Waals surface area contributed by atoms with E-state index in [1.807, 2.05) is 24.1 Å². The number of nitrogens with zero attached hydrogens (tertiary/aromatic N) is 1. The molecule has 0 aliphatic rings. The van der Waals surface area contributed by atoms with Crippen molar-refractivity contribution in [2.75, 3.05) is 11.9 Å². The molecule has 4 heteroatoms. The molecular weight excluding hydrogens is 258 g/mol. The number of aryl methyl sites for hydroxylation is 1. The fourth-order valence-corrected chi connectivity index (χ4v) is 2.13. The van der Waals surface area contributed by atoms with E-state index in [0.29, 0.717) is 10.6 Å². The molecule has 3 N–H and O–H groups in total. The number of amidine groups is 1. The van der Waals surface area contributed by atoms with Gasteiger partial charge in [-0.2, -0.15) is 0 Å². The van der Waals surface area contributed by atoms with Crippen molar-refractivity contribution >= 4 is 28.8 Å². The number of benzene rings is 2. The Bertz CT molecular complexity index is 605. The molecule has 0 saturated heterocycles. The van der Waals surface area contributed by atoms with E-state index in [2.05, 4.69) is 31.2 Å². The second-order valence-corrected chi connectivity index (χ2v) is 4.88. The molecule has 0 saturated carbocycles. The predicted molar refractivity (Wildman–Crippen MR) is 81.7 cm³/mol. The van der Waals surface area contributed by atoms with Gasteiger partial charge in [0.15, 0.2) is 0 Å². The summed E-state index contributed by atoms with van der Waals surface area (Å²) >= 11 is 6.13. The third-order valence-electron chi connectivity index (χ3n) is 3.05. The third kappa shape index (κ3) is 2.88. The van der Waals surface area contributed by atoms with E-state index in [9.17, 15) is 0 Å². The fourth-order valence-electron chi connectivity index (χ4n) is 1.85. The van der Waals surface area contributed by atoms with Crippen LogP contribution < -0.4 is 10.6 Å². The molecule has 0 aromatic heterocycles. The minimum absolute atomic E-state index is 0.0189. The lowest BCUT2D eigenvalue weighted by Gasteiger charge is -2.20. The molecule has 0 heterocycles.